The van der Waals surface area contributed by atoms with Crippen molar-refractivity contribution in [2.75, 3.05) is 20.3 Å². The Balaban J connectivity index is 2.74. The summed E-state index contributed by atoms with van der Waals surface area (Å²) in [5.74, 6) is 1.50. The van der Waals surface area contributed by atoms with Gasteiger partial charge in [-0.1, -0.05) is 13.3 Å². The molecule has 0 aliphatic heterocycles. The van der Waals surface area contributed by atoms with Crippen LogP contribution in [0.3, 0.4) is 0 Å². The third-order valence-electron chi connectivity index (χ3n) is 2.63. The average molecular weight is 309 g/mol. The van der Waals surface area contributed by atoms with Gasteiger partial charge in [-0.3, -0.25) is 5.43 Å². The Hall–Kier alpha value is -1.82. The van der Waals surface area contributed by atoms with Gasteiger partial charge in [0.15, 0.2) is 16.6 Å². The third-order valence-corrected chi connectivity index (χ3v) is 2.93. The molecule has 0 bridgehead atoms. The molecule has 0 heterocycles. The molecule has 0 amide bonds. The Labute approximate surface area is 131 Å². The lowest BCUT2D eigenvalue weighted by molar-refractivity contribution is 0.272. The topological polar surface area (TPSA) is 54.9 Å². The Kier molecular flexibility index (Phi) is 8.19. The first kappa shape index (κ1) is 17.2. The van der Waals surface area contributed by atoms with Crippen LogP contribution in [0.5, 0.6) is 11.5 Å². The number of nitrogens with zero attached hydrogens (tertiary/aromatic N) is 1. The molecular weight excluding hydrogens is 286 g/mol. The lowest BCUT2D eigenvalue weighted by Gasteiger charge is -2.12. The van der Waals surface area contributed by atoms with E-state index in [9.17, 15) is 0 Å². The number of hydrazone groups is 1. The zero-order valence-electron chi connectivity index (χ0n) is 12.8. The van der Waals surface area contributed by atoms with Crippen molar-refractivity contribution in [2.24, 2.45) is 5.10 Å². The molecule has 0 fully saturated rings. The van der Waals surface area contributed by atoms with Crippen LogP contribution in [-0.4, -0.2) is 31.6 Å². The average Bonchev–Trinajstić information content (AvgIpc) is 2.49. The van der Waals surface area contributed by atoms with E-state index in [0.717, 1.165) is 29.9 Å². The third kappa shape index (κ3) is 6.44. The van der Waals surface area contributed by atoms with Crippen molar-refractivity contribution >= 4 is 23.5 Å². The molecule has 0 saturated heterocycles. The summed E-state index contributed by atoms with van der Waals surface area (Å²) >= 11 is 4.94. The molecule has 21 heavy (non-hydrogen) atoms. The fourth-order valence-electron chi connectivity index (χ4n) is 1.54. The van der Waals surface area contributed by atoms with Gasteiger partial charge in [0.2, 0.25) is 0 Å². The minimum atomic E-state index is 0.468. The fourth-order valence-corrected chi connectivity index (χ4v) is 1.59. The van der Waals surface area contributed by atoms with Gasteiger partial charge in [0.05, 0.1) is 19.4 Å². The van der Waals surface area contributed by atoms with Crippen molar-refractivity contribution in [1.29, 1.82) is 0 Å². The number of nitrogens with one attached hydrogen (secondary N) is 2. The van der Waals surface area contributed by atoms with Crippen molar-refractivity contribution in [3.8, 4) is 11.5 Å². The number of unbranched alkanes of at least 4 members (excludes halogenated alkanes) is 1. The smallest absolute Gasteiger partial charge is 0.186 e. The van der Waals surface area contributed by atoms with Crippen LogP contribution in [0.2, 0.25) is 0 Å². The van der Waals surface area contributed by atoms with E-state index in [0.29, 0.717) is 18.3 Å². The predicted molar refractivity (Wildman–Crippen MR) is 90.4 cm³/mol. The molecule has 2 N–H and O–H groups in total. The van der Waals surface area contributed by atoms with E-state index < -0.39 is 0 Å². The summed E-state index contributed by atoms with van der Waals surface area (Å²) in [4.78, 5) is 0. The molecule has 0 aromatic heterocycles. The molecule has 116 valence electrons. The van der Waals surface area contributed by atoms with Crippen LogP contribution in [0.1, 0.15) is 32.3 Å². The van der Waals surface area contributed by atoms with Gasteiger partial charge in [-0.2, -0.15) is 5.10 Å². The van der Waals surface area contributed by atoms with Gasteiger partial charge in [-0.15, -0.1) is 0 Å². The highest BCUT2D eigenvalue weighted by molar-refractivity contribution is 7.80. The summed E-state index contributed by atoms with van der Waals surface area (Å²) in [5.41, 5.74) is 3.62. The maximum atomic E-state index is 5.73. The van der Waals surface area contributed by atoms with Crippen molar-refractivity contribution in [3.63, 3.8) is 0 Å². The van der Waals surface area contributed by atoms with E-state index in [-0.39, 0.29) is 0 Å². The summed E-state index contributed by atoms with van der Waals surface area (Å²) in [6, 6.07) is 5.73. The minimum Gasteiger partial charge on any atom is -0.490 e. The van der Waals surface area contributed by atoms with E-state index >= 15 is 0 Å². The van der Waals surface area contributed by atoms with Gasteiger partial charge in [0, 0.05) is 7.05 Å². The van der Waals surface area contributed by atoms with Crippen molar-refractivity contribution in [2.45, 2.75) is 26.7 Å². The number of ether oxygens (including phenoxy) is 2. The Morgan fingerprint density at radius 2 is 2.10 bits per heavy atom. The van der Waals surface area contributed by atoms with E-state index in [1.807, 2.05) is 25.1 Å². The van der Waals surface area contributed by atoms with Gasteiger partial charge in [0.1, 0.15) is 0 Å². The summed E-state index contributed by atoms with van der Waals surface area (Å²) in [5, 5.41) is 7.29. The maximum Gasteiger partial charge on any atom is 0.186 e. The molecular formula is C15H23N3O2S. The van der Waals surface area contributed by atoms with E-state index in [4.69, 9.17) is 21.7 Å². The first-order chi connectivity index (χ1) is 10.2. The van der Waals surface area contributed by atoms with E-state index in [2.05, 4.69) is 22.8 Å². The molecule has 1 aromatic rings. The summed E-state index contributed by atoms with van der Waals surface area (Å²) in [6.07, 6.45) is 3.81. The highest BCUT2D eigenvalue weighted by atomic mass is 32.1. The zero-order chi connectivity index (χ0) is 15.5. The largest absolute Gasteiger partial charge is 0.490 e. The lowest BCUT2D eigenvalue weighted by Crippen LogP contribution is -2.28. The SMILES string of the molecule is CCCCOc1ccc(/C=N\NC(=S)NC)cc1OCC. The van der Waals surface area contributed by atoms with Gasteiger partial charge in [0.25, 0.3) is 0 Å². The number of hydrogen-bond donors (Lipinski definition) is 2. The number of thiocarbonyl (C=S) groups is 1. The summed E-state index contributed by atoms with van der Waals surface area (Å²) in [6.45, 7) is 5.37. The van der Waals surface area contributed by atoms with Crippen LogP contribution in [0.15, 0.2) is 23.3 Å². The molecule has 6 heteroatoms. The molecule has 5 nitrogen and oxygen atoms in total. The minimum absolute atomic E-state index is 0.468. The second-order valence-electron chi connectivity index (χ2n) is 4.29. The van der Waals surface area contributed by atoms with Gasteiger partial charge < -0.3 is 14.8 Å². The fraction of sp³-hybridized carbons (Fsp3) is 0.467. The quantitative estimate of drug-likeness (QED) is 0.335. The zero-order valence-corrected chi connectivity index (χ0v) is 13.6. The Bertz CT molecular complexity index is 478. The maximum absolute atomic E-state index is 5.73. The van der Waals surface area contributed by atoms with Crippen LogP contribution in [0, 0.1) is 0 Å². The van der Waals surface area contributed by atoms with Gasteiger partial charge in [-0.25, -0.2) is 0 Å². The van der Waals surface area contributed by atoms with Gasteiger partial charge in [-0.05, 0) is 49.3 Å². The van der Waals surface area contributed by atoms with Crippen molar-refractivity contribution in [1.82, 2.24) is 10.7 Å². The van der Waals surface area contributed by atoms with Crippen LogP contribution in [0.4, 0.5) is 0 Å². The van der Waals surface area contributed by atoms with Crippen molar-refractivity contribution < 1.29 is 9.47 Å². The normalized spacial score (nSPS) is 10.4. The highest BCUT2D eigenvalue weighted by Crippen LogP contribution is 2.28. The molecule has 0 spiro atoms. The van der Waals surface area contributed by atoms with Crippen molar-refractivity contribution in [3.05, 3.63) is 23.8 Å². The number of hydrogen-bond acceptors (Lipinski definition) is 4. The standard InChI is InChI=1S/C15H23N3O2S/c1-4-6-9-20-13-8-7-12(10-14(13)19-5-2)11-17-18-15(21)16-3/h7-8,10-11H,4-6,9H2,1-3H3,(H2,16,18,21)/b17-11-. The first-order valence-corrected chi connectivity index (χ1v) is 7.52. The van der Waals surface area contributed by atoms with E-state index in [1.54, 1.807) is 13.3 Å². The van der Waals surface area contributed by atoms with E-state index in [1.165, 1.54) is 0 Å². The molecule has 0 unspecified atom stereocenters. The highest BCUT2D eigenvalue weighted by Gasteiger charge is 2.05. The molecule has 0 aliphatic rings. The van der Waals surface area contributed by atoms with Crippen LogP contribution >= 0.6 is 12.2 Å². The summed E-state index contributed by atoms with van der Waals surface area (Å²) < 4.78 is 11.3. The lowest BCUT2D eigenvalue weighted by atomic mass is 10.2. The second kappa shape index (κ2) is 9.99. The molecule has 1 rings (SSSR count). The number of benzene rings is 1. The van der Waals surface area contributed by atoms with Crippen LogP contribution in [0.25, 0.3) is 0 Å². The number of rotatable bonds is 8. The molecule has 1 aromatic carbocycles. The predicted octanol–water partition coefficient (Wildman–Crippen LogP) is 2.69. The molecule has 0 atom stereocenters. The Morgan fingerprint density at radius 3 is 2.76 bits per heavy atom. The molecule has 0 saturated carbocycles. The van der Waals surface area contributed by atoms with Crippen LogP contribution in [-0.2, 0) is 0 Å². The van der Waals surface area contributed by atoms with Crippen LogP contribution < -0.4 is 20.2 Å². The monoisotopic (exact) mass is 309 g/mol. The molecule has 0 radical (unpaired) electrons. The summed E-state index contributed by atoms with van der Waals surface area (Å²) in [7, 11) is 1.74. The van der Waals surface area contributed by atoms with Gasteiger partial charge >= 0.3 is 0 Å². The molecule has 0 aliphatic carbocycles. The first-order valence-electron chi connectivity index (χ1n) is 7.11. The Morgan fingerprint density at radius 1 is 1.29 bits per heavy atom. The second-order valence-corrected chi connectivity index (χ2v) is 4.70.